The molecular formula is C12H11FN2OS. The van der Waals surface area contributed by atoms with Crippen molar-refractivity contribution in [3.63, 3.8) is 0 Å². The Labute approximate surface area is 102 Å². The van der Waals surface area contributed by atoms with Gasteiger partial charge in [-0.3, -0.25) is 0 Å². The number of aromatic nitrogens is 1. The highest BCUT2D eigenvalue weighted by Crippen LogP contribution is 2.19. The van der Waals surface area contributed by atoms with Crippen molar-refractivity contribution in [2.45, 2.75) is 0 Å². The zero-order valence-electron chi connectivity index (χ0n) is 9.18. The lowest BCUT2D eigenvalue weighted by Gasteiger charge is -2.01. The predicted molar refractivity (Wildman–Crippen MR) is 68.4 cm³/mol. The minimum Gasteiger partial charge on any atom is -0.497 e. The van der Waals surface area contributed by atoms with Crippen LogP contribution in [0.4, 0.5) is 9.52 Å². The first-order valence-electron chi connectivity index (χ1n) is 4.91. The Bertz CT molecular complexity index is 551. The Morgan fingerprint density at radius 2 is 2.24 bits per heavy atom. The second-order valence-corrected chi connectivity index (χ2v) is 4.22. The number of hydrogen-bond donors (Lipinski definition) is 1. The third kappa shape index (κ3) is 2.82. The molecule has 88 valence electrons. The van der Waals surface area contributed by atoms with Gasteiger partial charge >= 0.3 is 0 Å². The van der Waals surface area contributed by atoms with Gasteiger partial charge in [0.1, 0.15) is 11.6 Å². The van der Waals surface area contributed by atoms with Gasteiger partial charge < -0.3 is 10.5 Å². The first-order chi connectivity index (χ1) is 8.19. The van der Waals surface area contributed by atoms with Crippen LogP contribution in [0.15, 0.2) is 23.6 Å². The van der Waals surface area contributed by atoms with Crippen molar-refractivity contribution in [1.82, 2.24) is 4.98 Å². The fourth-order valence-electron chi connectivity index (χ4n) is 1.32. The third-order valence-electron chi connectivity index (χ3n) is 2.18. The predicted octanol–water partition coefficient (Wildman–Crippen LogP) is 3.04. The molecule has 1 aromatic carbocycles. The first-order valence-corrected chi connectivity index (χ1v) is 5.79. The van der Waals surface area contributed by atoms with Crippen LogP contribution in [0.25, 0.3) is 12.2 Å². The molecule has 2 rings (SSSR count). The zero-order chi connectivity index (χ0) is 12.3. The Kier molecular flexibility index (Phi) is 3.39. The van der Waals surface area contributed by atoms with Crippen molar-refractivity contribution in [2.75, 3.05) is 12.8 Å². The topological polar surface area (TPSA) is 48.1 Å². The molecule has 2 aromatic rings. The number of nitrogens with zero attached hydrogens (tertiary/aromatic N) is 1. The molecular weight excluding hydrogens is 239 g/mol. The Balaban J connectivity index is 2.21. The number of hydrogen-bond acceptors (Lipinski definition) is 4. The van der Waals surface area contributed by atoms with Gasteiger partial charge in [0, 0.05) is 17.0 Å². The highest BCUT2D eigenvalue weighted by Gasteiger charge is 2.01. The quantitative estimate of drug-likeness (QED) is 0.910. The molecule has 1 heterocycles. The molecule has 0 aliphatic rings. The van der Waals surface area contributed by atoms with Crippen LogP contribution < -0.4 is 10.5 Å². The van der Waals surface area contributed by atoms with Crippen LogP contribution in [0.2, 0.25) is 0 Å². The number of ether oxygens (including phenoxy) is 1. The Morgan fingerprint density at radius 1 is 1.41 bits per heavy atom. The summed E-state index contributed by atoms with van der Waals surface area (Å²) in [5, 5.41) is 2.31. The van der Waals surface area contributed by atoms with E-state index < -0.39 is 0 Å². The van der Waals surface area contributed by atoms with Gasteiger partial charge in [0.05, 0.1) is 12.8 Å². The van der Waals surface area contributed by atoms with Gasteiger partial charge in [0.15, 0.2) is 5.13 Å². The molecule has 17 heavy (non-hydrogen) atoms. The minimum absolute atomic E-state index is 0.330. The van der Waals surface area contributed by atoms with E-state index in [1.807, 2.05) is 5.38 Å². The molecule has 0 saturated carbocycles. The molecule has 5 heteroatoms. The van der Waals surface area contributed by atoms with Crippen molar-refractivity contribution >= 4 is 28.6 Å². The van der Waals surface area contributed by atoms with Gasteiger partial charge in [-0.25, -0.2) is 9.37 Å². The molecule has 2 N–H and O–H groups in total. The maximum atomic E-state index is 13.6. The lowest BCUT2D eigenvalue weighted by molar-refractivity contribution is 0.411. The Morgan fingerprint density at radius 3 is 2.82 bits per heavy atom. The molecule has 0 aliphatic carbocycles. The Hall–Kier alpha value is -1.88. The summed E-state index contributed by atoms with van der Waals surface area (Å²) in [4.78, 5) is 4.05. The van der Waals surface area contributed by atoms with Crippen LogP contribution in [0, 0.1) is 5.82 Å². The van der Waals surface area contributed by atoms with Crippen LogP contribution >= 0.6 is 11.3 Å². The molecule has 0 unspecified atom stereocenters. The van der Waals surface area contributed by atoms with E-state index in [0.29, 0.717) is 16.4 Å². The third-order valence-corrected chi connectivity index (χ3v) is 2.87. The first kappa shape index (κ1) is 11.6. The maximum absolute atomic E-state index is 13.6. The van der Waals surface area contributed by atoms with Crippen molar-refractivity contribution in [2.24, 2.45) is 0 Å². The fourth-order valence-corrected chi connectivity index (χ4v) is 1.85. The summed E-state index contributed by atoms with van der Waals surface area (Å²) in [5.74, 6) is 0.168. The molecule has 0 saturated heterocycles. The average Bonchev–Trinajstić information content (AvgIpc) is 2.73. The number of methoxy groups -OCH3 is 1. The van der Waals surface area contributed by atoms with E-state index in [1.165, 1.54) is 24.5 Å². The average molecular weight is 250 g/mol. The monoisotopic (exact) mass is 250 g/mol. The van der Waals surface area contributed by atoms with Crippen LogP contribution in [0.1, 0.15) is 11.3 Å². The minimum atomic E-state index is -0.330. The number of halogens is 1. The van der Waals surface area contributed by atoms with Gasteiger partial charge in [0.25, 0.3) is 0 Å². The molecule has 0 radical (unpaired) electrons. The van der Waals surface area contributed by atoms with Gasteiger partial charge in [0.2, 0.25) is 0 Å². The maximum Gasteiger partial charge on any atom is 0.180 e. The lowest BCUT2D eigenvalue weighted by atomic mass is 10.2. The number of benzene rings is 1. The van der Waals surface area contributed by atoms with Crippen LogP contribution in [0.3, 0.4) is 0 Å². The smallest absolute Gasteiger partial charge is 0.180 e. The summed E-state index contributed by atoms with van der Waals surface area (Å²) in [7, 11) is 1.50. The number of rotatable bonds is 3. The molecule has 1 aromatic heterocycles. The van der Waals surface area contributed by atoms with Gasteiger partial charge in [-0.05, 0) is 24.3 Å². The SMILES string of the molecule is COc1ccc(C=Cc2csc(N)n2)c(F)c1. The van der Waals surface area contributed by atoms with E-state index >= 15 is 0 Å². The van der Waals surface area contributed by atoms with Crippen LogP contribution in [0.5, 0.6) is 5.75 Å². The molecule has 0 atom stereocenters. The van der Waals surface area contributed by atoms with Gasteiger partial charge in [-0.15, -0.1) is 11.3 Å². The lowest BCUT2D eigenvalue weighted by Crippen LogP contribution is -1.86. The highest BCUT2D eigenvalue weighted by molar-refractivity contribution is 7.13. The number of nitrogen functional groups attached to an aromatic ring is 1. The standard InChI is InChI=1S/C12H11FN2OS/c1-16-10-5-3-8(11(13)6-10)2-4-9-7-17-12(14)15-9/h2-7H,1H3,(H2,14,15). The number of thiazole rings is 1. The molecule has 3 nitrogen and oxygen atoms in total. The van der Waals surface area contributed by atoms with Gasteiger partial charge in [-0.2, -0.15) is 0 Å². The fraction of sp³-hybridized carbons (Fsp3) is 0.0833. The summed E-state index contributed by atoms with van der Waals surface area (Å²) in [6.45, 7) is 0. The van der Waals surface area contributed by atoms with Gasteiger partial charge in [-0.1, -0.05) is 0 Å². The second-order valence-electron chi connectivity index (χ2n) is 3.33. The molecule has 0 aliphatic heterocycles. The second kappa shape index (κ2) is 4.97. The van der Waals surface area contributed by atoms with Crippen molar-refractivity contribution in [3.05, 3.63) is 40.7 Å². The van der Waals surface area contributed by atoms with Crippen LogP contribution in [-0.2, 0) is 0 Å². The number of anilines is 1. The van der Waals surface area contributed by atoms with Crippen molar-refractivity contribution < 1.29 is 9.13 Å². The molecule has 0 amide bonds. The summed E-state index contributed by atoms with van der Waals surface area (Å²) in [6, 6.07) is 4.70. The van der Waals surface area contributed by atoms with E-state index in [1.54, 1.807) is 24.3 Å². The van der Waals surface area contributed by atoms with E-state index in [9.17, 15) is 4.39 Å². The van der Waals surface area contributed by atoms with E-state index in [-0.39, 0.29) is 5.82 Å². The highest BCUT2D eigenvalue weighted by atomic mass is 32.1. The molecule has 0 spiro atoms. The molecule has 0 fully saturated rings. The van der Waals surface area contributed by atoms with E-state index in [2.05, 4.69) is 4.98 Å². The summed E-state index contributed by atoms with van der Waals surface area (Å²) >= 11 is 1.35. The summed E-state index contributed by atoms with van der Waals surface area (Å²) < 4.78 is 18.5. The largest absolute Gasteiger partial charge is 0.497 e. The zero-order valence-corrected chi connectivity index (χ0v) is 10.00. The summed E-state index contributed by atoms with van der Waals surface area (Å²) in [6.07, 6.45) is 3.38. The van der Waals surface area contributed by atoms with Crippen molar-refractivity contribution in [3.8, 4) is 5.75 Å². The van der Waals surface area contributed by atoms with E-state index in [0.717, 1.165) is 5.69 Å². The van der Waals surface area contributed by atoms with Crippen LogP contribution in [-0.4, -0.2) is 12.1 Å². The molecule has 0 bridgehead atoms. The normalized spacial score (nSPS) is 10.9. The van der Waals surface area contributed by atoms with Crippen molar-refractivity contribution in [1.29, 1.82) is 0 Å². The van der Waals surface area contributed by atoms with E-state index in [4.69, 9.17) is 10.5 Å². The summed E-state index contributed by atoms with van der Waals surface area (Å²) in [5.41, 5.74) is 6.71. The number of nitrogens with two attached hydrogens (primary N) is 1.